The van der Waals surface area contributed by atoms with Crippen molar-refractivity contribution in [3.63, 3.8) is 0 Å². The molecular weight excluding hydrogens is 364 g/mol. The molecule has 2 aromatic carbocycles. The summed E-state index contributed by atoms with van der Waals surface area (Å²) in [6, 6.07) is 22.0. The molecule has 7 heteroatoms. The first-order valence-electron chi connectivity index (χ1n) is 8.84. The molecule has 0 saturated carbocycles. The van der Waals surface area contributed by atoms with Gasteiger partial charge in [0.25, 0.3) is 0 Å². The predicted octanol–water partition coefficient (Wildman–Crippen LogP) is -0.136. The van der Waals surface area contributed by atoms with Crippen LogP contribution in [0.25, 0.3) is 0 Å². The third-order valence-corrected chi connectivity index (χ3v) is 12.0. The fourth-order valence-electron chi connectivity index (χ4n) is 2.84. The van der Waals surface area contributed by atoms with E-state index in [2.05, 4.69) is 48.5 Å². The highest BCUT2D eigenvalue weighted by Gasteiger charge is 2.40. The van der Waals surface area contributed by atoms with E-state index in [0.717, 1.165) is 32.3 Å². The van der Waals surface area contributed by atoms with E-state index in [0.29, 0.717) is 16.6 Å². The van der Waals surface area contributed by atoms with Crippen LogP contribution in [0.3, 0.4) is 0 Å². The molecule has 0 N–H and O–H groups in total. The van der Waals surface area contributed by atoms with Crippen molar-refractivity contribution in [1.82, 2.24) is 0 Å². The van der Waals surface area contributed by atoms with Crippen LogP contribution < -0.4 is 10.4 Å². The van der Waals surface area contributed by atoms with Gasteiger partial charge in [-0.15, -0.1) is 0 Å². The summed E-state index contributed by atoms with van der Waals surface area (Å²) in [5.74, 6) is 0. The molecule has 0 amide bonds. The molecule has 1 saturated heterocycles. The van der Waals surface area contributed by atoms with Gasteiger partial charge in [0, 0.05) is 6.61 Å². The van der Waals surface area contributed by atoms with Crippen molar-refractivity contribution in [2.24, 2.45) is 0 Å². The van der Waals surface area contributed by atoms with Crippen molar-refractivity contribution in [3.05, 3.63) is 60.7 Å². The highest BCUT2D eigenvalue weighted by molar-refractivity contribution is 6.96. The Balaban J connectivity index is 1.60. The van der Waals surface area contributed by atoms with Gasteiger partial charge in [-0.25, -0.2) is 0 Å². The van der Waals surface area contributed by atoms with E-state index in [4.69, 9.17) is 17.7 Å². The van der Waals surface area contributed by atoms with Crippen LogP contribution in [0, 0.1) is 0 Å². The quantitative estimate of drug-likeness (QED) is 0.304. The molecule has 1 aliphatic heterocycles. The van der Waals surface area contributed by atoms with E-state index in [-0.39, 0.29) is 0 Å². The van der Waals surface area contributed by atoms with Crippen LogP contribution in [0.5, 0.6) is 0 Å². The van der Waals surface area contributed by atoms with E-state index in [1.165, 1.54) is 10.4 Å². The SMILES string of the molecule is [SiH3]O[Si](O[SiH2]CCCOCC1CO1)(c1ccccc1)c1ccccc1. The largest absolute Gasteiger partial charge is 0.439 e. The zero-order valence-electron chi connectivity index (χ0n) is 14.7. The minimum Gasteiger partial charge on any atom is -0.439 e. The maximum atomic E-state index is 6.60. The van der Waals surface area contributed by atoms with Crippen molar-refractivity contribution in [2.45, 2.75) is 18.6 Å². The van der Waals surface area contributed by atoms with Crippen molar-refractivity contribution in [3.8, 4) is 0 Å². The van der Waals surface area contributed by atoms with E-state index >= 15 is 0 Å². The summed E-state index contributed by atoms with van der Waals surface area (Å²) in [6.45, 7) is 2.39. The maximum absolute atomic E-state index is 6.60. The summed E-state index contributed by atoms with van der Waals surface area (Å²) in [4.78, 5) is 0. The van der Waals surface area contributed by atoms with Gasteiger partial charge >= 0.3 is 8.56 Å². The molecule has 1 aliphatic rings. The first-order valence-corrected chi connectivity index (χ1v) is 13.1. The predicted molar refractivity (Wildman–Crippen MR) is 109 cm³/mol. The molecule has 1 unspecified atom stereocenters. The second-order valence-corrected chi connectivity index (χ2v) is 12.4. The highest BCUT2D eigenvalue weighted by Crippen LogP contribution is 2.10. The molecule has 0 aromatic heterocycles. The molecular formula is C18H26O4Si3. The van der Waals surface area contributed by atoms with Crippen LogP contribution >= 0.6 is 0 Å². The summed E-state index contributed by atoms with van der Waals surface area (Å²) >= 11 is 0. The third kappa shape index (κ3) is 5.21. The topological polar surface area (TPSA) is 40.2 Å². The fourth-order valence-corrected chi connectivity index (χ4v) is 11.3. The minimum atomic E-state index is -2.54. The molecule has 0 bridgehead atoms. The third-order valence-electron chi connectivity index (χ3n) is 4.29. The average Bonchev–Trinajstić information content (AvgIpc) is 3.50. The average molecular weight is 391 g/mol. The highest BCUT2D eigenvalue weighted by atomic mass is 28.4. The standard InChI is InChI=1S/C18H26O4Si3/c23-21-25(17-8-3-1-4-9-17,18-10-5-2-6-11-18)22-24-13-7-12-19-14-16-15-20-16/h1-6,8-11,16H,7,12-15,24H2,23H3. The van der Waals surface area contributed by atoms with E-state index < -0.39 is 18.3 Å². The van der Waals surface area contributed by atoms with Crippen LogP contribution in [0.2, 0.25) is 6.04 Å². The van der Waals surface area contributed by atoms with Crippen LogP contribution in [0.4, 0.5) is 0 Å². The normalized spacial score (nSPS) is 17.4. The van der Waals surface area contributed by atoms with Gasteiger partial charge in [-0.1, -0.05) is 60.7 Å². The molecule has 1 heterocycles. The number of benzene rings is 2. The smallest absolute Gasteiger partial charge is 0.385 e. The van der Waals surface area contributed by atoms with Gasteiger partial charge < -0.3 is 17.7 Å². The molecule has 4 nitrogen and oxygen atoms in total. The monoisotopic (exact) mass is 390 g/mol. The molecule has 134 valence electrons. The van der Waals surface area contributed by atoms with Gasteiger partial charge in [0.05, 0.1) is 13.2 Å². The lowest BCUT2D eigenvalue weighted by Gasteiger charge is -2.31. The Hall–Kier alpha value is -1.07. The lowest BCUT2D eigenvalue weighted by atomic mass is 10.4. The Morgan fingerprint density at radius 2 is 1.64 bits per heavy atom. The molecule has 25 heavy (non-hydrogen) atoms. The summed E-state index contributed by atoms with van der Waals surface area (Å²) < 4.78 is 23.6. The Bertz CT molecular complexity index is 583. The van der Waals surface area contributed by atoms with E-state index in [1.54, 1.807) is 0 Å². The van der Waals surface area contributed by atoms with Crippen molar-refractivity contribution in [1.29, 1.82) is 0 Å². The molecule has 2 aromatic rings. The summed E-state index contributed by atoms with van der Waals surface area (Å²) in [5.41, 5.74) is 0. The first kappa shape index (κ1) is 18.7. The van der Waals surface area contributed by atoms with Crippen LogP contribution in [0.15, 0.2) is 60.7 Å². The molecule has 0 spiro atoms. The van der Waals surface area contributed by atoms with Gasteiger partial charge in [0.1, 0.15) is 26.4 Å². The minimum absolute atomic E-state index is 0.350. The Morgan fingerprint density at radius 1 is 1.04 bits per heavy atom. The summed E-state index contributed by atoms with van der Waals surface area (Å²) in [7, 11) is -2.55. The summed E-state index contributed by atoms with van der Waals surface area (Å²) in [5, 5.41) is 2.40. The van der Waals surface area contributed by atoms with Gasteiger partial charge in [-0.05, 0) is 22.8 Å². The zero-order chi connectivity index (χ0) is 17.4. The molecule has 3 rings (SSSR count). The Kier molecular flexibility index (Phi) is 7.17. The Labute approximate surface area is 156 Å². The van der Waals surface area contributed by atoms with E-state index in [1.807, 2.05) is 12.1 Å². The van der Waals surface area contributed by atoms with Crippen molar-refractivity contribution in [2.75, 3.05) is 19.8 Å². The second-order valence-electron chi connectivity index (χ2n) is 6.14. The molecule has 0 radical (unpaired) electrons. The van der Waals surface area contributed by atoms with Crippen molar-refractivity contribution < 1.29 is 17.7 Å². The van der Waals surface area contributed by atoms with Gasteiger partial charge in [0.2, 0.25) is 0 Å². The number of hydrogen-bond acceptors (Lipinski definition) is 4. The number of epoxide rings is 1. The Morgan fingerprint density at radius 3 is 2.16 bits per heavy atom. The molecule has 0 aliphatic carbocycles. The zero-order valence-corrected chi connectivity index (χ0v) is 19.1. The van der Waals surface area contributed by atoms with Crippen molar-refractivity contribution >= 4 is 39.2 Å². The lowest BCUT2D eigenvalue weighted by Crippen LogP contribution is -2.63. The second kappa shape index (κ2) is 9.58. The van der Waals surface area contributed by atoms with Gasteiger partial charge in [-0.3, -0.25) is 0 Å². The van der Waals surface area contributed by atoms with Gasteiger partial charge in [-0.2, -0.15) is 0 Å². The molecule has 1 atom stereocenters. The lowest BCUT2D eigenvalue weighted by molar-refractivity contribution is 0.117. The van der Waals surface area contributed by atoms with Crippen LogP contribution in [-0.2, 0) is 17.7 Å². The van der Waals surface area contributed by atoms with Crippen LogP contribution in [-0.4, -0.2) is 54.7 Å². The number of rotatable bonds is 11. The fraction of sp³-hybridized carbons (Fsp3) is 0.333. The first-order chi connectivity index (χ1) is 12.3. The van der Waals surface area contributed by atoms with Crippen LogP contribution in [0.1, 0.15) is 6.42 Å². The van der Waals surface area contributed by atoms with E-state index in [9.17, 15) is 0 Å². The maximum Gasteiger partial charge on any atom is 0.385 e. The number of hydrogen-bond donors (Lipinski definition) is 0. The van der Waals surface area contributed by atoms with Gasteiger partial charge in [0.15, 0.2) is 0 Å². The summed E-state index contributed by atoms with van der Waals surface area (Å²) in [6.07, 6.45) is 1.40. The number of ether oxygens (including phenoxy) is 2. The molecule has 1 fully saturated rings.